The average Bonchev–Trinajstić information content (AvgIpc) is 2.82. The summed E-state index contributed by atoms with van der Waals surface area (Å²) in [6.45, 7) is -0.380. The highest BCUT2D eigenvalue weighted by Crippen LogP contribution is 2.32. The van der Waals surface area contributed by atoms with Crippen LogP contribution in [0.25, 0.3) is 0 Å². The zero-order valence-electron chi connectivity index (χ0n) is 10.1. The lowest BCUT2D eigenvalue weighted by atomic mass is 9.78. The zero-order chi connectivity index (χ0) is 13.9. The molecule has 2 nitrogen and oxygen atoms in total. The molecule has 0 fully saturated rings. The second-order valence-electron chi connectivity index (χ2n) is 4.49. The van der Waals surface area contributed by atoms with Gasteiger partial charge < -0.3 is 10.2 Å². The van der Waals surface area contributed by atoms with Gasteiger partial charge in [-0.25, -0.2) is 4.39 Å². The van der Waals surface area contributed by atoms with Gasteiger partial charge >= 0.3 is 0 Å². The Labute approximate surface area is 123 Å². The Balaban J connectivity index is 2.33. The molecule has 1 heterocycles. The number of aliphatic hydroxyl groups is 2. The fraction of sp³-hybridized carbons (Fsp3) is 0.286. The molecule has 0 bridgehead atoms. The maximum Gasteiger partial charge on any atom is 0.123 e. The summed E-state index contributed by atoms with van der Waals surface area (Å²) in [5.74, 6) is -0.326. The minimum Gasteiger partial charge on any atom is -0.395 e. The van der Waals surface area contributed by atoms with Crippen molar-refractivity contribution in [3.8, 4) is 0 Å². The minimum absolute atomic E-state index is 0.190. The van der Waals surface area contributed by atoms with Crippen LogP contribution in [0.3, 0.4) is 0 Å². The van der Waals surface area contributed by atoms with Gasteiger partial charge in [-0.3, -0.25) is 0 Å². The highest BCUT2D eigenvalue weighted by atomic mass is 79.9. The fourth-order valence-electron chi connectivity index (χ4n) is 2.03. The normalized spacial score (nSPS) is 11.8. The summed E-state index contributed by atoms with van der Waals surface area (Å²) >= 11 is 4.96. The molecular weight excluding hydrogens is 331 g/mol. The van der Waals surface area contributed by atoms with Crippen LogP contribution in [-0.2, 0) is 11.8 Å². The molecule has 2 aromatic rings. The van der Waals surface area contributed by atoms with Gasteiger partial charge in [0.25, 0.3) is 0 Å². The molecule has 0 spiro atoms. The van der Waals surface area contributed by atoms with Crippen molar-refractivity contribution < 1.29 is 14.6 Å². The van der Waals surface area contributed by atoms with E-state index in [1.165, 1.54) is 12.1 Å². The SMILES string of the molecule is OCC(CO)(Cc1ccc(Br)s1)c1ccc(F)cc1. The van der Waals surface area contributed by atoms with E-state index >= 15 is 0 Å². The van der Waals surface area contributed by atoms with E-state index in [1.54, 1.807) is 23.5 Å². The van der Waals surface area contributed by atoms with Crippen molar-refractivity contribution in [1.29, 1.82) is 0 Å². The third kappa shape index (κ3) is 3.23. The van der Waals surface area contributed by atoms with E-state index in [-0.39, 0.29) is 19.0 Å². The lowest BCUT2D eigenvalue weighted by Crippen LogP contribution is -2.37. The molecule has 0 amide bonds. The lowest BCUT2D eigenvalue weighted by molar-refractivity contribution is 0.117. The van der Waals surface area contributed by atoms with Gasteiger partial charge in [0.2, 0.25) is 0 Å². The number of benzene rings is 1. The van der Waals surface area contributed by atoms with Crippen LogP contribution in [-0.4, -0.2) is 23.4 Å². The quantitative estimate of drug-likeness (QED) is 0.874. The average molecular weight is 345 g/mol. The van der Waals surface area contributed by atoms with Crippen LogP contribution in [0.15, 0.2) is 40.2 Å². The van der Waals surface area contributed by atoms with E-state index in [0.717, 1.165) is 14.2 Å². The number of hydrogen-bond donors (Lipinski definition) is 2. The topological polar surface area (TPSA) is 40.5 Å². The molecule has 19 heavy (non-hydrogen) atoms. The first-order valence-electron chi connectivity index (χ1n) is 5.81. The Bertz CT molecular complexity index is 535. The third-order valence-corrected chi connectivity index (χ3v) is 4.83. The van der Waals surface area contributed by atoms with Gasteiger partial charge in [-0.2, -0.15) is 0 Å². The molecule has 0 saturated heterocycles. The predicted molar refractivity (Wildman–Crippen MR) is 78.0 cm³/mol. The first-order chi connectivity index (χ1) is 9.09. The number of halogens is 2. The van der Waals surface area contributed by atoms with Gasteiger partial charge in [0.05, 0.1) is 17.0 Å². The smallest absolute Gasteiger partial charge is 0.123 e. The standard InChI is InChI=1S/C14H14BrFO2S/c15-13-6-5-12(19-13)7-14(8-17,9-18)10-1-3-11(16)4-2-10/h1-6,17-18H,7-9H2. The largest absolute Gasteiger partial charge is 0.395 e. The summed E-state index contributed by atoms with van der Waals surface area (Å²) < 4.78 is 14.0. The van der Waals surface area contributed by atoms with E-state index in [4.69, 9.17) is 0 Å². The number of thiophene rings is 1. The molecule has 0 saturated carbocycles. The number of rotatable bonds is 5. The summed E-state index contributed by atoms with van der Waals surface area (Å²) in [5.41, 5.74) is -0.0405. The number of hydrogen-bond acceptors (Lipinski definition) is 3. The third-order valence-electron chi connectivity index (χ3n) is 3.20. The van der Waals surface area contributed by atoms with Crippen molar-refractivity contribution in [1.82, 2.24) is 0 Å². The Morgan fingerprint density at radius 3 is 2.16 bits per heavy atom. The highest BCUT2D eigenvalue weighted by Gasteiger charge is 2.32. The van der Waals surface area contributed by atoms with Crippen LogP contribution in [0.2, 0.25) is 0 Å². The van der Waals surface area contributed by atoms with Gasteiger partial charge in [0, 0.05) is 10.3 Å². The summed E-state index contributed by atoms with van der Waals surface area (Å²) in [6, 6.07) is 9.82. The van der Waals surface area contributed by atoms with E-state index in [9.17, 15) is 14.6 Å². The second kappa shape index (κ2) is 6.13. The number of aliphatic hydroxyl groups excluding tert-OH is 2. The summed E-state index contributed by atoms with van der Waals surface area (Å²) in [5, 5.41) is 19.4. The van der Waals surface area contributed by atoms with Crippen molar-refractivity contribution in [2.45, 2.75) is 11.8 Å². The lowest BCUT2D eigenvalue weighted by Gasteiger charge is -2.30. The Kier molecular flexibility index (Phi) is 4.73. The molecule has 5 heteroatoms. The van der Waals surface area contributed by atoms with Crippen molar-refractivity contribution in [2.75, 3.05) is 13.2 Å². The summed E-state index contributed by atoms with van der Waals surface area (Å²) in [6.07, 6.45) is 0.516. The molecule has 0 aliphatic heterocycles. The Hall–Kier alpha value is -0.750. The van der Waals surface area contributed by atoms with E-state index < -0.39 is 5.41 Å². The van der Waals surface area contributed by atoms with Crippen LogP contribution in [0.1, 0.15) is 10.4 Å². The minimum atomic E-state index is -0.780. The van der Waals surface area contributed by atoms with Crippen LogP contribution in [0.5, 0.6) is 0 Å². The molecule has 0 atom stereocenters. The fourth-order valence-corrected chi connectivity index (χ4v) is 3.66. The van der Waals surface area contributed by atoms with Crippen molar-refractivity contribution >= 4 is 27.3 Å². The molecule has 1 aromatic carbocycles. The second-order valence-corrected chi connectivity index (χ2v) is 7.03. The summed E-state index contributed by atoms with van der Waals surface area (Å²) in [4.78, 5) is 1.05. The van der Waals surface area contributed by atoms with Gasteiger partial charge in [-0.15, -0.1) is 11.3 Å². The molecule has 0 aliphatic carbocycles. The maximum atomic E-state index is 13.0. The van der Waals surface area contributed by atoms with Crippen molar-refractivity contribution in [3.63, 3.8) is 0 Å². The molecule has 102 valence electrons. The first kappa shape index (κ1) is 14.7. The molecule has 2 N–H and O–H groups in total. The molecule has 0 aliphatic rings. The van der Waals surface area contributed by atoms with Gasteiger partial charge in [0.15, 0.2) is 0 Å². The highest BCUT2D eigenvalue weighted by molar-refractivity contribution is 9.11. The first-order valence-corrected chi connectivity index (χ1v) is 7.42. The molecule has 2 rings (SSSR count). The molecular formula is C14H14BrFO2S. The van der Waals surface area contributed by atoms with Gasteiger partial charge in [-0.1, -0.05) is 12.1 Å². The van der Waals surface area contributed by atoms with E-state index in [0.29, 0.717) is 6.42 Å². The van der Waals surface area contributed by atoms with Crippen LogP contribution in [0, 0.1) is 5.82 Å². The van der Waals surface area contributed by atoms with Crippen molar-refractivity contribution in [2.24, 2.45) is 0 Å². The molecule has 0 radical (unpaired) electrons. The van der Waals surface area contributed by atoms with E-state index in [2.05, 4.69) is 15.9 Å². The van der Waals surface area contributed by atoms with Gasteiger partial charge in [-0.05, 0) is 52.2 Å². The van der Waals surface area contributed by atoms with Crippen LogP contribution >= 0.6 is 27.3 Å². The van der Waals surface area contributed by atoms with Crippen LogP contribution in [0.4, 0.5) is 4.39 Å². The maximum absolute atomic E-state index is 13.0. The Morgan fingerprint density at radius 1 is 1.05 bits per heavy atom. The molecule has 0 unspecified atom stereocenters. The van der Waals surface area contributed by atoms with Crippen LogP contribution < -0.4 is 0 Å². The predicted octanol–water partition coefficient (Wildman–Crippen LogP) is 3.11. The monoisotopic (exact) mass is 344 g/mol. The molecule has 1 aromatic heterocycles. The van der Waals surface area contributed by atoms with Crippen molar-refractivity contribution in [3.05, 3.63) is 56.4 Å². The Morgan fingerprint density at radius 2 is 1.68 bits per heavy atom. The van der Waals surface area contributed by atoms with E-state index in [1.807, 2.05) is 12.1 Å². The van der Waals surface area contributed by atoms with Gasteiger partial charge in [0.1, 0.15) is 5.82 Å². The zero-order valence-corrected chi connectivity index (χ0v) is 12.5. The summed E-state index contributed by atoms with van der Waals surface area (Å²) in [7, 11) is 0.